The van der Waals surface area contributed by atoms with E-state index >= 15 is 0 Å². The molecule has 0 bridgehead atoms. The third-order valence-corrected chi connectivity index (χ3v) is 4.64. The van der Waals surface area contributed by atoms with Crippen LogP contribution < -0.4 is 0 Å². The van der Waals surface area contributed by atoms with Crippen molar-refractivity contribution in [1.29, 1.82) is 0 Å². The molecule has 21 heavy (non-hydrogen) atoms. The Morgan fingerprint density at radius 2 is 2.10 bits per heavy atom. The van der Waals surface area contributed by atoms with Gasteiger partial charge in [0.1, 0.15) is 0 Å². The van der Waals surface area contributed by atoms with Crippen molar-refractivity contribution in [3.05, 3.63) is 27.8 Å². The van der Waals surface area contributed by atoms with Crippen LogP contribution in [-0.2, 0) is 17.6 Å². The van der Waals surface area contributed by atoms with Crippen LogP contribution in [0.4, 0.5) is 0 Å². The minimum Gasteiger partial charge on any atom is -0.481 e. The average molecular weight is 309 g/mol. The Hall–Kier alpha value is -1.76. The second-order valence-corrected chi connectivity index (χ2v) is 6.17. The summed E-state index contributed by atoms with van der Waals surface area (Å²) in [5.41, 5.74) is 0.0708. The summed E-state index contributed by atoms with van der Waals surface area (Å²) >= 11 is 1.58. The number of carbonyl (C=O) groups is 1. The van der Waals surface area contributed by atoms with Gasteiger partial charge < -0.3 is 9.63 Å². The number of aliphatic carboxylic acids is 1. The molecule has 2 aromatic rings. The number of hydrogen-bond donors (Lipinski definition) is 1. The van der Waals surface area contributed by atoms with Crippen LogP contribution in [0.2, 0.25) is 0 Å². The van der Waals surface area contributed by atoms with Gasteiger partial charge in [0.2, 0.25) is 5.89 Å². The Morgan fingerprint density at radius 1 is 1.38 bits per heavy atom. The molecule has 0 spiro atoms. The number of aromatic nitrogens is 3. The largest absolute Gasteiger partial charge is 0.481 e. The molecule has 7 heteroatoms. The molecule has 1 N–H and O–H groups in total. The fourth-order valence-corrected chi connectivity index (χ4v) is 2.87. The van der Waals surface area contributed by atoms with E-state index in [9.17, 15) is 9.90 Å². The molecule has 2 heterocycles. The zero-order valence-electron chi connectivity index (χ0n) is 12.4. The van der Waals surface area contributed by atoms with E-state index in [2.05, 4.69) is 15.1 Å². The van der Waals surface area contributed by atoms with Gasteiger partial charge in [-0.2, -0.15) is 4.98 Å². The molecule has 0 saturated heterocycles. The third kappa shape index (κ3) is 3.47. The Bertz CT molecular complexity index is 617. The first-order valence-corrected chi connectivity index (χ1v) is 7.83. The summed E-state index contributed by atoms with van der Waals surface area (Å²) in [5.74, 6) is 0.104. The zero-order valence-corrected chi connectivity index (χ0v) is 13.2. The van der Waals surface area contributed by atoms with Crippen LogP contribution in [0.15, 0.2) is 9.90 Å². The SMILES string of the molecule is CCC(CC)(Cc1nc(Cc2csc(C)n2)no1)C(=O)O. The molecule has 0 amide bonds. The van der Waals surface area contributed by atoms with Gasteiger partial charge in [-0.05, 0) is 19.8 Å². The predicted molar refractivity (Wildman–Crippen MR) is 78.3 cm³/mol. The maximum Gasteiger partial charge on any atom is 0.310 e. The molecular formula is C14H19N3O3S. The Morgan fingerprint density at radius 3 is 2.62 bits per heavy atom. The summed E-state index contributed by atoms with van der Waals surface area (Å²) in [6, 6.07) is 0. The van der Waals surface area contributed by atoms with Gasteiger partial charge >= 0.3 is 5.97 Å². The normalized spacial score (nSPS) is 11.8. The number of carboxylic acids is 1. The number of nitrogens with zero attached hydrogens (tertiary/aromatic N) is 3. The van der Waals surface area contributed by atoms with Crippen molar-refractivity contribution in [2.75, 3.05) is 0 Å². The van der Waals surface area contributed by atoms with Crippen LogP contribution in [0, 0.1) is 12.3 Å². The van der Waals surface area contributed by atoms with Crippen molar-refractivity contribution >= 4 is 17.3 Å². The standard InChI is InChI=1S/C14H19N3O3S/c1-4-14(5-2,13(18)19)7-12-16-11(17-20-12)6-10-8-21-9(3)15-10/h8H,4-7H2,1-3H3,(H,18,19). The molecule has 0 unspecified atom stereocenters. The number of carboxylic acid groups (broad SMARTS) is 1. The molecule has 0 aromatic carbocycles. The maximum absolute atomic E-state index is 11.5. The molecule has 0 aliphatic carbocycles. The van der Waals surface area contributed by atoms with Crippen LogP contribution in [0.1, 0.15) is 49.1 Å². The van der Waals surface area contributed by atoms with Gasteiger partial charge in [0.25, 0.3) is 0 Å². The highest BCUT2D eigenvalue weighted by Crippen LogP contribution is 2.30. The van der Waals surface area contributed by atoms with E-state index in [-0.39, 0.29) is 6.42 Å². The second kappa shape index (κ2) is 6.34. The monoisotopic (exact) mass is 309 g/mol. The van der Waals surface area contributed by atoms with Gasteiger partial charge in [-0.1, -0.05) is 19.0 Å². The fraction of sp³-hybridized carbons (Fsp3) is 0.571. The molecule has 0 aliphatic rings. The van der Waals surface area contributed by atoms with E-state index in [1.165, 1.54) is 0 Å². The van der Waals surface area contributed by atoms with Crippen molar-refractivity contribution < 1.29 is 14.4 Å². The van der Waals surface area contributed by atoms with E-state index in [1.807, 2.05) is 26.2 Å². The number of aryl methyl sites for hydroxylation is 1. The van der Waals surface area contributed by atoms with Crippen molar-refractivity contribution in [2.24, 2.45) is 5.41 Å². The molecule has 114 valence electrons. The van der Waals surface area contributed by atoms with Gasteiger partial charge in [-0.25, -0.2) is 4.98 Å². The summed E-state index contributed by atoms with van der Waals surface area (Å²) < 4.78 is 5.20. The summed E-state index contributed by atoms with van der Waals surface area (Å²) in [5, 5.41) is 16.3. The van der Waals surface area contributed by atoms with Gasteiger partial charge in [0.05, 0.1) is 22.5 Å². The summed E-state index contributed by atoms with van der Waals surface area (Å²) in [7, 11) is 0. The van der Waals surface area contributed by atoms with Crippen LogP contribution in [-0.4, -0.2) is 26.2 Å². The summed E-state index contributed by atoms with van der Waals surface area (Å²) in [4.78, 5) is 20.1. The number of hydrogen-bond acceptors (Lipinski definition) is 6. The molecule has 0 aliphatic heterocycles. The van der Waals surface area contributed by atoms with Gasteiger partial charge in [0, 0.05) is 11.8 Å². The van der Waals surface area contributed by atoms with Crippen molar-refractivity contribution in [3.8, 4) is 0 Å². The highest BCUT2D eigenvalue weighted by Gasteiger charge is 2.37. The molecule has 0 fully saturated rings. The van der Waals surface area contributed by atoms with E-state index in [0.717, 1.165) is 10.7 Å². The van der Waals surface area contributed by atoms with Crippen molar-refractivity contribution in [3.63, 3.8) is 0 Å². The van der Waals surface area contributed by atoms with Crippen LogP contribution in [0.5, 0.6) is 0 Å². The summed E-state index contributed by atoms with van der Waals surface area (Å²) in [6.45, 7) is 5.68. The highest BCUT2D eigenvalue weighted by molar-refractivity contribution is 7.09. The molecule has 2 aromatic heterocycles. The van der Waals surface area contributed by atoms with Gasteiger partial charge in [0.15, 0.2) is 5.82 Å². The lowest BCUT2D eigenvalue weighted by atomic mass is 9.79. The smallest absolute Gasteiger partial charge is 0.310 e. The van der Waals surface area contributed by atoms with E-state index < -0.39 is 11.4 Å². The second-order valence-electron chi connectivity index (χ2n) is 5.11. The lowest BCUT2D eigenvalue weighted by Gasteiger charge is -2.24. The van der Waals surface area contributed by atoms with Crippen LogP contribution >= 0.6 is 11.3 Å². The molecule has 6 nitrogen and oxygen atoms in total. The quantitative estimate of drug-likeness (QED) is 0.846. The van der Waals surface area contributed by atoms with Gasteiger partial charge in [-0.3, -0.25) is 4.79 Å². The van der Waals surface area contributed by atoms with E-state index in [1.54, 1.807) is 11.3 Å². The Balaban J connectivity index is 2.10. The predicted octanol–water partition coefficient (Wildman–Crippen LogP) is 2.86. The highest BCUT2D eigenvalue weighted by atomic mass is 32.1. The molecular weight excluding hydrogens is 290 g/mol. The molecule has 2 rings (SSSR count). The van der Waals surface area contributed by atoms with Crippen LogP contribution in [0.3, 0.4) is 0 Å². The third-order valence-electron chi connectivity index (χ3n) is 3.81. The summed E-state index contributed by atoms with van der Waals surface area (Å²) in [6.07, 6.45) is 1.83. The average Bonchev–Trinajstić information content (AvgIpc) is 3.05. The first-order valence-electron chi connectivity index (χ1n) is 6.95. The first-order chi connectivity index (χ1) is 9.99. The Labute approximate surface area is 127 Å². The minimum atomic E-state index is -0.832. The number of rotatable bonds is 7. The number of thiazole rings is 1. The molecule has 0 radical (unpaired) electrons. The van der Waals surface area contributed by atoms with Gasteiger partial charge in [-0.15, -0.1) is 11.3 Å². The van der Waals surface area contributed by atoms with Crippen molar-refractivity contribution in [1.82, 2.24) is 15.1 Å². The molecule has 0 saturated carbocycles. The van der Waals surface area contributed by atoms with E-state index in [4.69, 9.17) is 4.52 Å². The zero-order chi connectivity index (χ0) is 15.5. The topological polar surface area (TPSA) is 89.1 Å². The van der Waals surface area contributed by atoms with Crippen LogP contribution in [0.25, 0.3) is 0 Å². The lowest BCUT2D eigenvalue weighted by molar-refractivity contribution is -0.149. The maximum atomic E-state index is 11.5. The first kappa shape index (κ1) is 15.6. The lowest BCUT2D eigenvalue weighted by Crippen LogP contribution is -2.32. The molecule has 0 atom stereocenters. The minimum absolute atomic E-state index is 0.262. The fourth-order valence-electron chi connectivity index (χ4n) is 2.25. The van der Waals surface area contributed by atoms with E-state index in [0.29, 0.717) is 31.0 Å². The van der Waals surface area contributed by atoms with Crippen molar-refractivity contribution in [2.45, 2.75) is 46.5 Å². The Kier molecular flexibility index (Phi) is 4.72.